The van der Waals surface area contributed by atoms with Gasteiger partial charge < -0.3 is 15.8 Å². The minimum absolute atomic E-state index is 0. The van der Waals surface area contributed by atoms with Crippen molar-refractivity contribution in [1.82, 2.24) is 9.78 Å². The highest BCUT2D eigenvalue weighted by molar-refractivity contribution is 5.91. The van der Waals surface area contributed by atoms with Crippen LogP contribution in [0.15, 0.2) is 12.4 Å². The summed E-state index contributed by atoms with van der Waals surface area (Å²) in [6.07, 6.45) is 9.14. The van der Waals surface area contributed by atoms with Crippen molar-refractivity contribution in [3.63, 3.8) is 0 Å². The number of nitrogens with zero attached hydrogens (tertiary/aromatic N) is 2. The number of anilines is 1. The molecule has 0 spiro atoms. The molecular weight excluding hydrogens is 356 g/mol. The molecular formula is C18H31ClN4O3. The Kier molecular flexibility index (Phi) is 8.09. The average Bonchev–Trinajstić information content (AvgIpc) is 3.05. The van der Waals surface area contributed by atoms with Crippen molar-refractivity contribution in [2.24, 2.45) is 11.1 Å². The van der Waals surface area contributed by atoms with Gasteiger partial charge in [0.05, 0.1) is 18.5 Å². The van der Waals surface area contributed by atoms with Gasteiger partial charge in [-0.3, -0.25) is 9.48 Å². The van der Waals surface area contributed by atoms with E-state index in [0.717, 1.165) is 25.7 Å². The molecule has 1 fully saturated rings. The van der Waals surface area contributed by atoms with Crippen molar-refractivity contribution in [2.45, 2.75) is 64.8 Å². The summed E-state index contributed by atoms with van der Waals surface area (Å²) in [6.45, 7) is 6.08. The van der Waals surface area contributed by atoms with E-state index in [1.807, 2.05) is 0 Å². The van der Waals surface area contributed by atoms with Crippen molar-refractivity contribution < 1.29 is 14.3 Å². The number of esters is 1. The zero-order valence-electron chi connectivity index (χ0n) is 15.9. The van der Waals surface area contributed by atoms with E-state index in [-0.39, 0.29) is 29.7 Å². The van der Waals surface area contributed by atoms with Gasteiger partial charge in [-0.15, -0.1) is 12.4 Å². The van der Waals surface area contributed by atoms with Crippen LogP contribution in [0, 0.1) is 5.41 Å². The summed E-state index contributed by atoms with van der Waals surface area (Å²) < 4.78 is 6.59. The lowest BCUT2D eigenvalue weighted by molar-refractivity contribution is -0.152. The van der Waals surface area contributed by atoms with Gasteiger partial charge in [0.15, 0.2) is 5.54 Å². The predicted octanol–water partition coefficient (Wildman–Crippen LogP) is 2.84. The first-order valence-corrected chi connectivity index (χ1v) is 9.05. The first kappa shape index (κ1) is 22.4. The lowest BCUT2D eigenvalue weighted by Crippen LogP contribution is -2.38. The molecule has 0 aromatic carbocycles. The molecule has 1 aliphatic rings. The summed E-state index contributed by atoms with van der Waals surface area (Å²) in [5.41, 5.74) is 5.52. The molecule has 8 heteroatoms. The monoisotopic (exact) mass is 386 g/mol. The third-order valence-electron chi connectivity index (χ3n) is 5.10. The Balaban J connectivity index is 0.00000338. The number of ether oxygens (including phenoxy) is 1. The SMILES string of the molecule is CCOC(=O)C(C)(C)n1cc(NC(=O)CC2(CN)CCCCC2)cn1.Cl. The highest BCUT2D eigenvalue weighted by Crippen LogP contribution is 2.38. The Labute approximate surface area is 161 Å². The van der Waals surface area contributed by atoms with Crippen molar-refractivity contribution in [1.29, 1.82) is 0 Å². The van der Waals surface area contributed by atoms with Crippen LogP contribution in [0.25, 0.3) is 0 Å². The number of rotatable bonds is 7. The standard InChI is InChI=1S/C18H30N4O3.ClH/c1-4-25-16(24)17(2,3)22-12-14(11-20-22)21-15(23)10-18(13-19)8-6-5-7-9-18;/h11-12H,4-10,13,19H2,1-3H3,(H,21,23);1H. The molecule has 0 bridgehead atoms. The highest BCUT2D eigenvalue weighted by atomic mass is 35.5. The number of aromatic nitrogens is 2. The van der Waals surface area contributed by atoms with Gasteiger partial charge in [-0.25, -0.2) is 4.79 Å². The fourth-order valence-electron chi connectivity index (χ4n) is 3.39. The van der Waals surface area contributed by atoms with Crippen LogP contribution in [-0.4, -0.2) is 34.8 Å². The normalized spacial score (nSPS) is 16.5. The molecule has 1 heterocycles. The van der Waals surface area contributed by atoms with E-state index in [9.17, 15) is 9.59 Å². The van der Waals surface area contributed by atoms with E-state index < -0.39 is 5.54 Å². The number of hydrogen-bond donors (Lipinski definition) is 2. The average molecular weight is 387 g/mol. The maximum atomic E-state index is 12.4. The number of hydrogen-bond acceptors (Lipinski definition) is 5. The molecule has 2 rings (SSSR count). The van der Waals surface area contributed by atoms with Gasteiger partial charge in [-0.1, -0.05) is 19.3 Å². The third-order valence-corrected chi connectivity index (χ3v) is 5.10. The third kappa shape index (κ3) is 5.20. The Bertz CT molecular complexity index is 609. The van der Waals surface area contributed by atoms with E-state index in [2.05, 4.69) is 10.4 Å². The Morgan fingerprint density at radius 3 is 2.58 bits per heavy atom. The fraction of sp³-hybridized carbons (Fsp3) is 0.722. The molecule has 148 valence electrons. The van der Waals surface area contributed by atoms with Crippen molar-refractivity contribution in [2.75, 3.05) is 18.5 Å². The van der Waals surface area contributed by atoms with Crippen LogP contribution in [-0.2, 0) is 19.9 Å². The van der Waals surface area contributed by atoms with Gasteiger partial charge >= 0.3 is 5.97 Å². The molecule has 26 heavy (non-hydrogen) atoms. The van der Waals surface area contributed by atoms with Gasteiger partial charge in [0.1, 0.15) is 0 Å². The van der Waals surface area contributed by atoms with E-state index >= 15 is 0 Å². The van der Waals surface area contributed by atoms with Gasteiger partial charge in [0.2, 0.25) is 5.91 Å². The van der Waals surface area contributed by atoms with E-state index in [1.165, 1.54) is 11.1 Å². The molecule has 0 unspecified atom stereocenters. The summed E-state index contributed by atoms with van der Waals surface area (Å²) in [7, 11) is 0. The number of nitrogens with one attached hydrogen (secondary N) is 1. The molecule has 1 aromatic heterocycles. The fourth-order valence-corrected chi connectivity index (χ4v) is 3.39. The van der Waals surface area contributed by atoms with Crippen LogP contribution in [0.1, 0.15) is 59.3 Å². The molecule has 0 saturated heterocycles. The van der Waals surface area contributed by atoms with Crippen molar-refractivity contribution in [3.8, 4) is 0 Å². The minimum atomic E-state index is -0.930. The summed E-state index contributed by atoms with van der Waals surface area (Å²) >= 11 is 0. The van der Waals surface area contributed by atoms with Crippen LogP contribution in [0.4, 0.5) is 5.69 Å². The number of carbonyl (C=O) groups excluding carboxylic acids is 2. The van der Waals surface area contributed by atoms with Crippen molar-refractivity contribution >= 4 is 30.0 Å². The van der Waals surface area contributed by atoms with Crippen LogP contribution < -0.4 is 11.1 Å². The Morgan fingerprint density at radius 2 is 2.00 bits per heavy atom. The zero-order chi connectivity index (χ0) is 18.5. The molecule has 0 aliphatic heterocycles. The van der Waals surface area contributed by atoms with Gasteiger partial charge in [-0.05, 0) is 45.6 Å². The maximum absolute atomic E-state index is 12.4. The predicted molar refractivity (Wildman–Crippen MR) is 103 cm³/mol. The van der Waals surface area contributed by atoms with Crippen LogP contribution in [0.3, 0.4) is 0 Å². The number of nitrogens with two attached hydrogens (primary N) is 1. The first-order valence-electron chi connectivity index (χ1n) is 9.05. The highest BCUT2D eigenvalue weighted by Gasteiger charge is 2.34. The van der Waals surface area contributed by atoms with E-state index in [4.69, 9.17) is 10.5 Å². The summed E-state index contributed by atoms with van der Waals surface area (Å²) in [5.74, 6) is -0.416. The largest absolute Gasteiger partial charge is 0.464 e. The van der Waals surface area contributed by atoms with Gasteiger partial charge in [-0.2, -0.15) is 5.10 Å². The quantitative estimate of drug-likeness (QED) is 0.702. The van der Waals surface area contributed by atoms with E-state index in [0.29, 0.717) is 25.3 Å². The topological polar surface area (TPSA) is 99.2 Å². The molecule has 7 nitrogen and oxygen atoms in total. The minimum Gasteiger partial charge on any atom is -0.464 e. The summed E-state index contributed by atoms with van der Waals surface area (Å²) in [5, 5.41) is 7.09. The van der Waals surface area contributed by atoms with Crippen molar-refractivity contribution in [3.05, 3.63) is 12.4 Å². The van der Waals surface area contributed by atoms with Gasteiger partial charge in [0.25, 0.3) is 0 Å². The maximum Gasteiger partial charge on any atom is 0.333 e. The lowest BCUT2D eigenvalue weighted by Gasteiger charge is -2.35. The zero-order valence-corrected chi connectivity index (χ0v) is 16.7. The molecule has 0 radical (unpaired) electrons. The Hall–Kier alpha value is -1.60. The van der Waals surface area contributed by atoms with Crippen LogP contribution in [0.5, 0.6) is 0 Å². The molecule has 3 N–H and O–H groups in total. The summed E-state index contributed by atoms with van der Waals surface area (Å²) in [4.78, 5) is 24.5. The molecule has 1 aromatic rings. The molecule has 1 aliphatic carbocycles. The molecule has 0 atom stereocenters. The molecule has 1 saturated carbocycles. The smallest absolute Gasteiger partial charge is 0.333 e. The second kappa shape index (κ2) is 9.37. The number of amides is 1. The van der Waals surface area contributed by atoms with E-state index in [1.54, 1.807) is 33.2 Å². The second-order valence-corrected chi connectivity index (χ2v) is 7.44. The van der Waals surface area contributed by atoms with Crippen LogP contribution in [0.2, 0.25) is 0 Å². The Morgan fingerprint density at radius 1 is 1.35 bits per heavy atom. The first-order chi connectivity index (χ1) is 11.8. The van der Waals surface area contributed by atoms with Gasteiger partial charge in [0, 0.05) is 12.6 Å². The molecule has 1 amide bonds. The number of carbonyl (C=O) groups is 2. The summed E-state index contributed by atoms with van der Waals surface area (Å²) in [6, 6.07) is 0. The van der Waals surface area contributed by atoms with Crippen LogP contribution >= 0.6 is 12.4 Å². The lowest BCUT2D eigenvalue weighted by atomic mass is 9.71. The number of halogens is 1. The second-order valence-electron chi connectivity index (χ2n) is 7.44.